The Labute approximate surface area is 131 Å². The Balaban J connectivity index is 1.77. The van der Waals surface area contributed by atoms with Crippen LogP contribution in [0.15, 0.2) is 36.0 Å². The molecule has 0 aromatic heterocycles. The van der Waals surface area contributed by atoms with Gasteiger partial charge in [0.05, 0.1) is 0 Å². The Kier molecular flexibility index (Phi) is 3.40. The van der Waals surface area contributed by atoms with Crippen LogP contribution >= 0.6 is 11.6 Å². The van der Waals surface area contributed by atoms with Gasteiger partial charge in [0.25, 0.3) is 0 Å². The van der Waals surface area contributed by atoms with E-state index in [2.05, 4.69) is 26.1 Å². The standard InChI is InChI=1S/C18H22ClNO/c1-17(2)14-8-9-18(17,3)16(21)13(14)11-20-10-12-6-4-5-7-15(12)19/h4-7,11,14,20H,8-10H2,1-3H3/b13-11-/t14-,18-/m0/s1. The van der Waals surface area contributed by atoms with Crippen molar-refractivity contribution in [1.82, 2.24) is 5.32 Å². The molecule has 2 atom stereocenters. The molecule has 1 N–H and O–H groups in total. The molecule has 0 amide bonds. The molecule has 2 bridgehead atoms. The Morgan fingerprint density at radius 1 is 1.33 bits per heavy atom. The fraction of sp³-hybridized carbons (Fsp3) is 0.500. The molecule has 0 heterocycles. The Morgan fingerprint density at radius 2 is 2.05 bits per heavy atom. The molecule has 2 nitrogen and oxygen atoms in total. The molecule has 2 aliphatic rings. The predicted molar refractivity (Wildman–Crippen MR) is 86.0 cm³/mol. The lowest BCUT2D eigenvalue weighted by atomic mass is 9.70. The molecule has 1 aromatic carbocycles. The van der Waals surface area contributed by atoms with Gasteiger partial charge >= 0.3 is 0 Å². The van der Waals surface area contributed by atoms with Gasteiger partial charge < -0.3 is 5.32 Å². The zero-order valence-electron chi connectivity index (χ0n) is 12.9. The summed E-state index contributed by atoms with van der Waals surface area (Å²) in [5.74, 6) is 0.712. The molecular formula is C18H22ClNO. The fourth-order valence-corrected chi connectivity index (χ4v) is 4.21. The van der Waals surface area contributed by atoms with Crippen LogP contribution in [0.4, 0.5) is 0 Å². The average molecular weight is 304 g/mol. The van der Waals surface area contributed by atoms with Crippen molar-refractivity contribution in [1.29, 1.82) is 0 Å². The van der Waals surface area contributed by atoms with E-state index in [0.717, 1.165) is 29.0 Å². The molecule has 2 aliphatic carbocycles. The number of rotatable bonds is 3. The topological polar surface area (TPSA) is 29.1 Å². The highest BCUT2D eigenvalue weighted by atomic mass is 35.5. The van der Waals surface area contributed by atoms with Crippen LogP contribution in [0.1, 0.15) is 39.2 Å². The zero-order valence-corrected chi connectivity index (χ0v) is 13.6. The lowest BCUT2D eigenvalue weighted by Gasteiger charge is -2.31. The first-order chi connectivity index (χ1) is 9.88. The molecule has 0 radical (unpaired) electrons. The van der Waals surface area contributed by atoms with Gasteiger partial charge in [-0.1, -0.05) is 50.6 Å². The highest BCUT2D eigenvalue weighted by Crippen LogP contribution is 2.65. The summed E-state index contributed by atoms with van der Waals surface area (Å²) >= 11 is 6.15. The molecule has 3 heteroatoms. The quantitative estimate of drug-likeness (QED) is 0.842. The minimum absolute atomic E-state index is 0.0714. The second-order valence-corrected chi connectivity index (χ2v) is 7.45. The third kappa shape index (κ3) is 2.03. The molecule has 0 aliphatic heterocycles. The van der Waals surface area contributed by atoms with E-state index in [4.69, 9.17) is 11.6 Å². The number of fused-ring (bicyclic) bond motifs is 2. The van der Waals surface area contributed by atoms with E-state index in [1.54, 1.807) is 0 Å². The summed E-state index contributed by atoms with van der Waals surface area (Å²) in [4.78, 5) is 12.7. The second kappa shape index (κ2) is 4.88. The zero-order chi connectivity index (χ0) is 15.3. The summed E-state index contributed by atoms with van der Waals surface area (Å²) in [5, 5.41) is 4.05. The van der Waals surface area contributed by atoms with Crippen molar-refractivity contribution < 1.29 is 4.79 Å². The van der Waals surface area contributed by atoms with E-state index >= 15 is 0 Å². The molecule has 3 rings (SSSR count). The van der Waals surface area contributed by atoms with E-state index in [0.29, 0.717) is 18.2 Å². The van der Waals surface area contributed by atoms with Crippen molar-refractivity contribution in [2.45, 2.75) is 40.2 Å². The first-order valence-electron chi connectivity index (χ1n) is 7.59. The number of Topliss-reactive ketones (excluding diaryl/α,β-unsaturated/α-hetero) is 1. The third-order valence-electron chi connectivity index (χ3n) is 5.87. The lowest BCUT2D eigenvalue weighted by Crippen LogP contribution is -2.32. The van der Waals surface area contributed by atoms with Gasteiger partial charge in [-0.15, -0.1) is 0 Å². The van der Waals surface area contributed by atoms with Gasteiger partial charge in [0.15, 0.2) is 5.78 Å². The Morgan fingerprint density at radius 3 is 2.67 bits per heavy atom. The molecular weight excluding hydrogens is 282 g/mol. The van der Waals surface area contributed by atoms with Crippen LogP contribution in [0.2, 0.25) is 5.02 Å². The number of ketones is 1. The molecule has 112 valence electrons. The molecule has 0 saturated heterocycles. The van der Waals surface area contributed by atoms with Crippen LogP contribution < -0.4 is 5.32 Å². The molecule has 2 saturated carbocycles. The maximum Gasteiger partial charge on any atom is 0.167 e. The van der Waals surface area contributed by atoms with Crippen LogP contribution in [-0.4, -0.2) is 5.78 Å². The highest BCUT2D eigenvalue weighted by Gasteiger charge is 2.63. The number of allylic oxidation sites excluding steroid dienone is 1. The van der Waals surface area contributed by atoms with Crippen LogP contribution in [0.5, 0.6) is 0 Å². The summed E-state index contributed by atoms with van der Waals surface area (Å²) in [6.07, 6.45) is 4.07. The van der Waals surface area contributed by atoms with E-state index in [1.807, 2.05) is 30.5 Å². The number of halogens is 1. The normalized spacial score (nSPS) is 31.9. The molecule has 0 spiro atoms. The van der Waals surface area contributed by atoms with Crippen molar-refractivity contribution in [2.24, 2.45) is 16.7 Å². The van der Waals surface area contributed by atoms with E-state index < -0.39 is 0 Å². The molecule has 2 fully saturated rings. The Hall–Kier alpha value is -1.28. The summed E-state index contributed by atoms with van der Waals surface area (Å²) in [5.41, 5.74) is 1.91. The molecule has 21 heavy (non-hydrogen) atoms. The van der Waals surface area contributed by atoms with E-state index in [9.17, 15) is 4.79 Å². The van der Waals surface area contributed by atoms with Gasteiger partial charge in [0, 0.05) is 28.8 Å². The number of hydrogen-bond acceptors (Lipinski definition) is 2. The van der Waals surface area contributed by atoms with Crippen molar-refractivity contribution in [3.05, 3.63) is 46.6 Å². The van der Waals surface area contributed by atoms with Crippen LogP contribution in [0.25, 0.3) is 0 Å². The first-order valence-corrected chi connectivity index (χ1v) is 7.97. The summed E-state index contributed by atoms with van der Waals surface area (Å²) < 4.78 is 0. The van der Waals surface area contributed by atoms with Gasteiger partial charge in [-0.2, -0.15) is 0 Å². The number of hydrogen-bond donors (Lipinski definition) is 1. The van der Waals surface area contributed by atoms with Gasteiger partial charge in [0.2, 0.25) is 0 Å². The second-order valence-electron chi connectivity index (χ2n) is 7.05. The van der Waals surface area contributed by atoms with Crippen LogP contribution in [-0.2, 0) is 11.3 Å². The summed E-state index contributed by atoms with van der Waals surface area (Å²) in [6, 6.07) is 7.79. The average Bonchev–Trinajstić information content (AvgIpc) is 2.75. The fourth-order valence-electron chi connectivity index (χ4n) is 4.01. The number of nitrogens with one attached hydrogen (secondary N) is 1. The Bertz CT molecular complexity index is 619. The number of carbonyl (C=O) groups excluding carboxylic acids is 1. The van der Waals surface area contributed by atoms with Crippen molar-refractivity contribution in [2.75, 3.05) is 0 Å². The van der Waals surface area contributed by atoms with Crippen molar-refractivity contribution in [3.8, 4) is 0 Å². The van der Waals surface area contributed by atoms with Crippen LogP contribution in [0, 0.1) is 16.7 Å². The first kappa shape index (κ1) is 14.6. The highest BCUT2D eigenvalue weighted by molar-refractivity contribution is 6.31. The smallest absolute Gasteiger partial charge is 0.167 e. The van der Waals surface area contributed by atoms with E-state index in [1.165, 1.54) is 0 Å². The van der Waals surface area contributed by atoms with Gasteiger partial charge in [-0.05, 0) is 35.8 Å². The number of benzene rings is 1. The minimum atomic E-state index is -0.185. The number of carbonyl (C=O) groups is 1. The maximum atomic E-state index is 12.7. The van der Waals surface area contributed by atoms with Crippen molar-refractivity contribution in [3.63, 3.8) is 0 Å². The summed E-state index contributed by atoms with van der Waals surface area (Å²) in [7, 11) is 0. The van der Waals surface area contributed by atoms with Gasteiger partial charge in [0.1, 0.15) is 0 Å². The third-order valence-corrected chi connectivity index (χ3v) is 6.24. The predicted octanol–water partition coefficient (Wildman–Crippen LogP) is 4.34. The monoisotopic (exact) mass is 303 g/mol. The van der Waals surface area contributed by atoms with Crippen LogP contribution in [0.3, 0.4) is 0 Å². The van der Waals surface area contributed by atoms with Crippen molar-refractivity contribution >= 4 is 17.4 Å². The minimum Gasteiger partial charge on any atom is -0.386 e. The maximum absolute atomic E-state index is 12.7. The molecule has 0 unspecified atom stereocenters. The molecule has 1 aromatic rings. The van der Waals surface area contributed by atoms with E-state index in [-0.39, 0.29) is 10.8 Å². The lowest BCUT2D eigenvalue weighted by molar-refractivity contribution is -0.125. The van der Waals surface area contributed by atoms with Gasteiger partial charge in [-0.25, -0.2) is 0 Å². The SMILES string of the molecule is CC1(C)[C@H]2CC[C@@]1(C)C(=O)/C2=C\NCc1ccccc1Cl. The summed E-state index contributed by atoms with van der Waals surface area (Å²) in [6.45, 7) is 7.25. The largest absolute Gasteiger partial charge is 0.386 e. The van der Waals surface area contributed by atoms with Gasteiger partial charge in [-0.3, -0.25) is 4.79 Å².